The smallest absolute Gasteiger partial charge is 0.322 e. The summed E-state index contributed by atoms with van der Waals surface area (Å²) < 4.78 is 38.9. The molecule has 0 radical (unpaired) electrons. The number of halogens is 2. The van der Waals surface area contributed by atoms with Gasteiger partial charge in [-0.1, -0.05) is 0 Å². The molecule has 0 bridgehead atoms. The number of aliphatic carboxylic acids is 1. The molecule has 1 aliphatic rings. The summed E-state index contributed by atoms with van der Waals surface area (Å²) in [5.74, 6) is -2.11. The Bertz CT molecular complexity index is 650. The lowest BCUT2D eigenvalue weighted by atomic mass is 10.2. The highest BCUT2D eigenvalue weighted by Crippen LogP contribution is 2.28. The quantitative estimate of drug-likeness (QED) is 0.823. The molecule has 1 fully saturated rings. The Labute approximate surface area is 123 Å². The van der Waals surface area contributed by atoms with Gasteiger partial charge in [0.25, 0.3) is 0 Å². The zero-order valence-electron chi connectivity index (χ0n) is 10.0. The lowest BCUT2D eigenvalue weighted by Gasteiger charge is -2.20. The molecule has 1 heterocycles. The number of β-amino-alcohol motifs (C(OH)–C–C–N with tert-alkyl or cyclic N) is 1. The number of carbonyl (C=O) groups is 1. The van der Waals surface area contributed by atoms with Crippen LogP contribution >= 0.6 is 15.9 Å². The van der Waals surface area contributed by atoms with Crippen LogP contribution in [0.4, 0.5) is 4.39 Å². The van der Waals surface area contributed by atoms with E-state index in [1.807, 2.05) is 0 Å². The van der Waals surface area contributed by atoms with Crippen molar-refractivity contribution in [3.05, 3.63) is 28.5 Å². The Morgan fingerprint density at radius 3 is 2.65 bits per heavy atom. The maximum atomic E-state index is 13.4. The van der Waals surface area contributed by atoms with Crippen molar-refractivity contribution in [1.82, 2.24) is 4.31 Å². The molecule has 20 heavy (non-hydrogen) atoms. The summed E-state index contributed by atoms with van der Waals surface area (Å²) in [5.41, 5.74) is 0. The number of carboxylic acid groups (broad SMARTS) is 1. The van der Waals surface area contributed by atoms with Crippen LogP contribution in [0, 0.1) is 5.82 Å². The maximum absolute atomic E-state index is 13.4. The number of rotatable bonds is 3. The van der Waals surface area contributed by atoms with Crippen molar-refractivity contribution in [2.24, 2.45) is 0 Å². The largest absolute Gasteiger partial charge is 0.480 e. The van der Waals surface area contributed by atoms with Crippen LogP contribution in [0.15, 0.2) is 27.6 Å². The molecule has 0 aliphatic carbocycles. The van der Waals surface area contributed by atoms with Crippen LogP contribution in [0.1, 0.15) is 6.42 Å². The van der Waals surface area contributed by atoms with Crippen molar-refractivity contribution in [3.63, 3.8) is 0 Å². The molecule has 9 heteroatoms. The molecule has 6 nitrogen and oxygen atoms in total. The molecule has 0 unspecified atom stereocenters. The number of benzene rings is 1. The van der Waals surface area contributed by atoms with Gasteiger partial charge in [-0.3, -0.25) is 4.79 Å². The summed E-state index contributed by atoms with van der Waals surface area (Å²) in [7, 11) is -4.17. The maximum Gasteiger partial charge on any atom is 0.322 e. The second-order valence-corrected chi connectivity index (χ2v) is 7.14. The molecule has 1 aromatic carbocycles. The van der Waals surface area contributed by atoms with E-state index in [1.165, 1.54) is 12.1 Å². The fourth-order valence-electron chi connectivity index (χ4n) is 2.05. The van der Waals surface area contributed by atoms with Crippen molar-refractivity contribution in [3.8, 4) is 0 Å². The minimum Gasteiger partial charge on any atom is -0.480 e. The van der Waals surface area contributed by atoms with E-state index < -0.39 is 34.0 Å². The molecule has 0 aromatic heterocycles. The fourth-order valence-corrected chi connectivity index (χ4v) is 3.94. The summed E-state index contributed by atoms with van der Waals surface area (Å²) in [4.78, 5) is 10.7. The number of nitrogens with zero attached hydrogens (tertiary/aromatic N) is 1. The van der Waals surface area contributed by atoms with E-state index in [-0.39, 0.29) is 22.3 Å². The predicted octanol–water partition coefficient (Wildman–Crippen LogP) is 0.797. The SMILES string of the molecule is O=C(O)[C@H]1C[C@@H](O)CN1S(=O)(=O)c1ccc(Br)c(F)c1. The highest BCUT2D eigenvalue weighted by Gasteiger charge is 2.43. The van der Waals surface area contributed by atoms with Gasteiger partial charge in [0.2, 0.25) is 10.0 Å². The van der Waals surface area contributed by atoms with Crippen LogP contribution in [0.5, 0.6) is 0 Å². The normalized spacial score (nSPS) is 23.9. The number of carboxylic acids is 1. The summed E-state index contributed by atoms with van der Waals surface area (Å²) in [6.07, 6.45) is -1.24. The van der Waals surface area contributed by atoms with Gasteiger partial charge in [0, 0.05) is 13.0 Å². The highest BCUT2D eigenvalue weighted by atomic mass is 79.9. The standard InChI is InChI=1S/C11H11BrFNO5S/c12-8-2-1-7(4-9(8)13)20(18,19)14-5-6(15)3-10(14)11(16)17/h1-2,4,6,10,15H,3,5H2,(H,16,17)/t6-,10-/m1/s1. The number of aliphatic hydroxyl groups excluding tert-OH is 1. The molecular formula is C11H11BrFNO5S. The molecule has 110 valence electrons. The van der Waals surface area contributed by atoms with E-state index >= 15 is 0 Å². The first kappa shape index (κ1) is 15.4. The molecule has 2 atom stereocenters. The van der Waals surface area contributed by atoms with E-state index in [0.717, 1.165) is 6.07 Å². The van der Waals surface area contributed by atoms with Crippen molar-refractivity contribution < 1.29 is 27.8 Å². The molecule has 1 saturated heterocycles. The zero-order chi connectivity index (χ0) is 15.1. The van der Waals surface area contributed by atoms with E-state index in [1.54, 1.807) is 0 Å². The summed E-state index contributed by atoms with van der Waals surface area (Å²) >= 11 is 2.91. The first-order valence-electron chi connectivity index (χ1n) is 5.61. The summed E-state index contributed by atoms with van der Waals surface area (Å²) in [5, 5.41) is 18.5. The van der Waals surface area contributed by atoms with Crippen LogP contribution < -0.4 is 0 Å². The van der Waals surface area contributed by atoms with Gasteiger partial charge in [-0.2, -0.15) is 4.31 Å². The van der Waals surface area contributed by atoms with Crippen LogP contribution in [-0.4, -0.2) is 47.6 Å². The molecule has 1 aromatic rings. The van der Waals surface area contributed by atoms with Gasteiger partial charge >= 0.3 is 5.97 Å². The van der Waals surface area contributed by atoms with Crippen molar-refractivity contribution >= 4 is 31.9 Å². The van der Waals surface area contributed by atoms with Crippen molar-refractivity contribution in [1.29, 1.82) is 0 Å². The third-order valence-electron chi connectivity index (χ3n) is 3.02. The van der Waals surface area contributed by atoms with Gasteiger partial charge < -0.3 is 10.2 Å². The van der Waals surface area contributed by atoms with Crippen LogP contribution in [0.2, 0.25) is 0 Å². The molecule has 0 saturated carbocycles. The zero-order valence-corrected chi connectivity index (χ0v) is 12.4. The van der Waals surface area contributed by atoms with Gasteiger partial charge in [0.15, 0.2) is 0 Å². The van der Waals surface area contributed by atoms with Gasteiger partial charge in [0.1, 0.15) is 11.9 Å². The second kappa shape index (κ2) is 5.40. The van der Waals surface area contributed by atoms with E-state index in [4.69, 9.17) is 5.11 Å². The molecule has 1 aliphatic heterocycles. The first-order valence-corrected chi connectivity index (χ1v) is 7.84. The predicted molar refractivity (Wildman–Crippen MR) is 70.0 cm³/mol. The highest BCUT2D eigenvalue weighted by molar-refractivity contribution is 9.10. The average molecular weight is 368 g/mol. The fraction of sp³-hybridized carbons (Fsp3) is 0.364. The molecular weight excluding hydrogens is 357 g/mol. The van der Waals surface area contributed by atoms with Gasteiger partial charge in [-0.25, -0.2) is 12.8 Å². The Morgan fingerprint density at radius 2 is 2.10 bits per heavy atom. The van der Waals surface area contributed by atoms with Crippen molar-refractivity contribution in [2.45, 2.75) is 23.5 Å². The lowest BCUT2D eigenvalue weighted by molar-refractivity contribution is -0.140. The second-order valence-electron chi connectivity index (χ2n) is 4.39. The minimum absolute atomic E-state index is 0.104. The van der Waals surface area contributed by atoms with Gasteiger partial charge in [0.05, 0.1) is 15.5 Å². The Morgan fingerprint density at radius 1 is 1.45 bits per heavy atom. The Balaban J connectivity index is 2.43. The molecule has 0 spiro atoms. The summed E-state index contributed by atoms with van der Waals surface area (Å²) in [6.45, 7) is -0.322. The molecule has 0 amide bonds. The van der Waals surface area contributed by atoms with E-state index in [0.29, 0.717) is 4.31 Å². The number of sulfonamides is 1. The first-order chi connectivity index (χ1) is 9.23. The third-order valence-corrected chi connectivity index (χ3v) is 5.53. The summed E-state index contributed by atoms with van der Waals surface area (Å²) in [6, 6.07) is 1.86. The van der Waals surface area contributed by atoms with E-state index in [9.17, 15) is 22.7 Å². The average Bonchev–Trinajstić information content (AvgIpc) is 2.75. The number of hydrogen-bond acceptors (Lipinski definition) is 4. The monoisotopic (exact) mass is 367 g/mol. The molecule has 2 rings (SSSR count). The van der Waals surface area contributed by atoms with Crippen LogP contribution in [0.3, 0.4) is 0 Å². The van der Waals surface area contributed by atoms with Crippen LogP contribution in [-0.2, 0) is 14.8 Å². The number of hydrogen-bond donors (Lipinski definition) is 2. The topological polar surface area (TPSA) is 94.9 Å². The Kier molecular flexibility index (Phi) is 4.14. The van der Waals surface area contributed by atoms with Crippen molar-refractivity contribution in [2.75, 3.05) is 6.54 Å². The third kappa shape index (κ3) is 2.71. The minimum atomic E-state index is -4.17. The Hall–Kier alpha value is -1.03. The van der Waals surface area contributed by atoms with Gasteiger partial charge in [-0.15, -0.1) is 0 Å². The lowest BCUT2D eigenvalue weighted by Crippen LogP contribution is -2.40. The van der Waals surface area contributed by atoms with Gasteiger partial charge in [-0.05, 0) is 34.1 Å². The molecule has 2 N–H and O–H groups in total. The number of aliphatic hydroxyl groups is 1. The van der Waals surface area contributed by atoms with E-state index in [2.05, 4.69) is 15.9 Å². The van der Waals surface area contributed by atoms with Crippen LogP contribution in [0.25, 0.3) is 0 Å².